The predicted octanol–water partition coefficient (Wildman–Crippen LogP) is 1.70. The van der Waals surface area contributed by atoms with Crippen LogP contribution in [-0.2, 0) is 11.2 Å². The van der Waals surface area contributed by atoms with Crippen molar-refractivity contribution >= 4 is 0 Å². The van der Waals surface area contributed by atoms with Gasteiger partial charge in [-0.15, -0.1) is 0 Å². The minimum Gasteiger partial charge on any atom is -0.491 e. The predicted molar refractivity (Wildman–Crippen MR) is 70.7 cm³/mol. The molecule has 1 aromatic rings. The zero-order valence-electron chi connectivity index (χ0n) is 11.2. The maximum absolute atomic E-state index is 5.88. The summed E-state index contributed by atoms with van der Waals surface area (Å²) in [6, 6.07) is 4.07. The smallest absolute Gasteiger partial charge is 0.140 e. The van der Waals surface area contributed by atoms with Gasteiger partial charge in [0.2, 0.25) is 0 Å². The molecule has 0 bridgehead atoms. The van der Waals surface area contributed by atoms with Crippen LogP contribution in [0.2, 0.25) is 0 Å². The summed E-state index contributed by atoms with van der Waals surface area (Å²) in [7, 11) is 0. The van der Waals surface area contributed by atoms with E-state index in [0.717, 1.165) is 43.2 Å². The Balaban J connectivity index is 2.00. The molecule has 18 heavy (non-hydrogen) atoms. The molecule has 0 spiro atoms. The van der Waals surface area contributed by atoms with Gasteiger partial charge in [0.05, 0.1) is 18.9 Å². The maximum atomic E-state index is 5.88. The van der Waals surface area contributed by atoms with Crippen molar-refractivity contribution < 1.29 is 9.47 Å². The van der Waals surface area contributed by atoms with Gasteiger partial charge in [0.25, 0.3) is 0 Å². The topological polar surface area (TPSA) is 57.4 Å². The van der Waals surface area contributed by atoms with Crippen molar-refractivity contribution in [1.82, 2.24) is 4.98 Å². The highest BCUT2D eigenvalue weighted by molar-refractivity contribution is 5.30. The molecule has 2 atom stereocenters. The molecule has 1 fully saturated rings. The van der Waals surface area contributed by atoms with Gasteiger partial charge >= 0.3 is 0 Å². The van der Waals surface area contributed by atoms with Crippen molar-refractivity contribution in [2.45, 2.75) is 32.7 Å². The van der Waals surface area contributed by atoms with E-state index in [4.69, 9.17) is 15.2 Å². The largest absolute Gasteiger partial charge is 0.491 e. The molecule has 0 amide bonds. The van der Waals surface area contributed by atoms with Gasteiger partial charge in [-0.3, -0.25) is 4.98 Å². The van der Waals surface area contributed by atoms with Crippen molar-refractivity contribution in [2.24, 2.45) is 11.7 Å². The summed E-state index contributed by atoms with van der Waals surface area (Å²) >= 11 is 0. The summed E-state index contributed by atoms with van der Waals surface area (Å²) < 4.78 is 11.2. The van der Waals surface area contributed by atoms with Crippen LogP contribution in [0.5, 0.6) is 5.75 Å². The van der Waals surface area contributed by atoms with Gasteiger partial charge < -0.3 is 15.2 Å². The average Bonchev–Trinajstić information content (AvgIpc) is 2.80. The Labute approximate surface area is 108 Å². The zero-order valence-corrected chi connectivity index (χ0v) is 11.2. The van der Waals surface area contributed by atoms with Crippen LogP contribution >= 0.6 is 0 Å². The molecule has 2 rings (SSSR count). The first-order chi connectivity index (χ1) is 8.65. The quantitative estimate of drug-likeness (QED) is 0.864. The number of rotatable bonds is 5. The number of hydrogen-bond acceptors (Lipinski definition) is 4. The molecule has 1 aromatic heterocycles. The van der Waals surface area contributed by atoms with Crippen molar-refractivity contribution in [3.05, 3.63) is 23.5 Å². The number of aromatic nitrogens is 1. The second-order valence-electron chi connectivity index (χ2n) is 5.12. The van der Waals surface area contributed by atoms with E-state index in [0.29, 0.717) is 12.5 Å². The molecular weight excluding hydrogens is 228 g/mol. The summed E-state index contributed by atoms with van der Waals surface area (Å²) in [6.07, 6.45) is 1.83. The number of pyridine rings is 1. The summed E-state index contributed by atoms with van der Waals surface area (Å²) in [5, 5.41) is 0. The number of nitrogens with two attached hydrogens (primary N) is 1. The van der Waals surface area contributed by atoms with Crippen molar-refractivity contribution in [2.75, 3.05) is 19.8 Å². The molecule has 2 N–H and O–H groups in total. The number of ether oxygens (including phenoxy) is 2. The van der Waals surface area contributed by atoms with Crippen LogP contribution in [0.3, 0.4) is 0 Å². The second kappa shape index (κ2) is 6.16. The first-order valence-electron chi connectivity index (χ1n) is 6.58. The van der Waals surface area contributed by atoms with E-state index < -0.39 is 0 Å². The van der Waals surface area contributed by atoms with E-state index in [-0.39, 0.29) is 6.04 Å². The third kappa shape index (κ3) is 3.68. The lowest BCUT2D eigenvalue weighted by atomic mass is 10.1. The van der Waals surface area contributed by atoms with E-state index in [9.17, 15) is 0 Å². The molecule has 0 aliphatic carbocycles. The van der Waals surface area contributed by atoms with Crippen LogP contribution in [-0.4, -0.2) is 30.8 Å². The average molecular weight is 250 g/mol. The molecule has 4 heteroatoms. The van der Waals surface area contributed by atoms with Gasteiger partial charge in [-0.05, 0) is 32.4 Å². The lowest BCUT2D eigenvalue weighted by Crippen LogP contribution is -2.20. The van der Waals surface area contributed by atoms with E-state index in [1.54, 1.807) is 0 Å². The van der Waals surface area contributed by atoms with Gasteiger partial charge in [0.1, 0.15) is 5.75 Å². The number of nitrogens with zero attached hydrogens (tertiary/aromatic N) is 1. The van der Waals surface area contributed by atoms with Crippen LogP contribution in [0.15, 0.2) is 12.1 Å². The normalized spacial score (nSPS) is 20.9. The second-order valence-corrected chi connectivity index (χ2v) is 5.12. The van der Waals surface area contributed by atoms with Gasteiger partial charge in [0.15, 0.2) is 0 Å². The minimum absolute atomic E-state index is 0.0939. The van der Waals surface area contributed by atoms with Crippen LogP contribution in [0, 0.1) is 12.8 Å². The molecule has 1 aliphatic heterocycles. The third-order valence-corrected chi connectivity index (χ3v) is 3.09. The molecule has 0 radical (unpaired) electrons. The SMILES string of the molecule is Cc1ccc(OCC2CCOC2)c(CC(C)N)n1. The Kier molecular flexibility index (Phi) is 4.55. The van der Waals surface area contributed by atoms with Crippen LogP contribution < -0.4 is 10.5 Å². The molecule has 4 nitrogen and oxygen atoms in total. The van der Waals surface area contributed by atoms with Crippen LogP contribution in [0.1, 0.15) is 24.7 Å². The van der Waals surface area contributed by atoms with Crippen molar-refractivity contribution in [3.8, 4) is 5.75 Å². The third-order valence-electron chi connectivity index (χ3n) is 3.09. The fourth-order valence-corrected chi connectivity index (χ4v) is 2.10. The summed E-state index contributed by atoms with van der Waals surface area (Å²) in [5.41, 5.74) is 7.81. The standard InChI is InChI=1S/C14H22N2O2/c1-10(15)7-13-14(4-3-11(2)16-13)18-9-12-5-6-17-8-12/h3-4,10,12H,5-9,15H2,1-2H3. The Bertz CT molecular complexity index is 387. The Morgan fingerprint density at radius 3 is 3.06 bits per heavy atom. The molecule has 2 heterocycles. The van der Waals surface area contributed by atoms with Gasteiger partial charge in [-0.1, -0.05) is 0 Å². The van der Waals surface area contributed by atoms with Gasteiger partial charge in [-0.2, -0.15) is 0 Å². The van der Waals surface area contributed by atoms with Gasteiger partial charge in [-0.25, -0.2) is 0 Å². The Morgan fingerprint density at radius 1 is 1.56 bits per heavy atom. The molecule has 2 unspecified atom stereocenters. The molecule has 1 saturated heterocycles. The maximum Gasteiger partial charge on any atom is 0.140 e. The summed E-state index contributed by atoms with van der Waals surface area (Å²) in [5.74, 6) is 1.37. The van der Waals surface area contributed by atoms with E-state index in [1.807, 2.05) is 26.0 Å². The monoisotopic (exact) mass is 250 g/mol. The fourth-order valence-electron chi connectivity index (χ4n) is 2.10. The lowest BCUT2D eigenvalue weighted by molar-refractivity contribution is 0.166. The molecule has 100 valence electrons. The summed E-state index contributed by atoms with van der Waals surface area (Å²) in [4.78, 5) is 4.52. The molecule has 0 saturated carbocycles. The summed E-state index contributed by atoms with van der Waals surface area (Å²) in [6.45, 7) is 6.34. The van der Waals surface area contributed by atoms with Crippen LogP contribution in [0.4, 0.5) is 0 Å². The highest BCUT2D eigenvalue weighted by atomic mass is 16.5. The molecule has 1 aliphatic rings. The molecule has 0 aromatic carbocycles. The van der Waals surface area contributed by atoms with Crippen LogP contribution in [0.25, 0.3) is 0 Å². The Hall–Kier alpha value is -1.13. The lowest BCUT2D eigenvalue weighted by Gasteiger charge is -2.15. The molecular formula is C14H22N2O2. The first-order valence-corrected chi connectivity index (χ1v) is 6.58. The fraction of sp³-hybridized carbons (Fsp3) is 0.643. The van der Waals surface area contributed by atoms with E-state index in [1.165, 1.54) is 0 Å². The minimum atomic E-state index is 0.0939. The van der Waals surface area contributed by atoms with Crippen molar-refractivity contribution in [3.63, 3.8) is 0 Å². The number of hydrogen-bond donors (Lipinski definition) is 1. The highest BCUT2D eigenvalue weighted by Gasteiger charge is 2.17. The van der Waals surface area contributed by atoms with Crippen molar-refractivity contribution in [1.29, 1.82) is 0 Å². The first kappa shape index (κ1) is 13.3. The highest BCUT2D eigenvalue weighted by Crippen LogP contribution is 2.21. The van der Waals surface area contributed by atoms with E-state index in [2.05, 4.69) is 4.98 Å². The van der Waals surface area contributed by atoms with Gasteiger partial charge in [0, 0.05) is 30.7 Å². The van der Waals surface area contributed by atoms with E-state index >= 15 is 0 Å². The Morgan fingerprint density at radius 2 is 2.39 bits per heavy atom. The zero-order chi connectivity index (χ0) is 13.0. The number of aryl methyl sites for hydroxylation is 1.